The maximum Gasteiger partial charge on any atom is 0.335 e. The van der Waals surface area contributed by atoms with Crippen LogP contribution in [0.1, 0.15) is 10.4 Å². The third kappa shape index (κ3) is 3.59. The molecular weight excluding hydrogens is 410 g/mol. The normalized spacial score (nSPS) is 10.2. The van der Waals surface area contributed by atoms with E-state index in [1.54, 1.807) is 6.07 Å². The van der Waals surface area contributed by atoms with Gasteiger partial charge in [-0.1, -0.05) is 15.9 Å². The molecule has 2 rings (SSSR count). The van der Waals surface area contributed by atoms with Crippen LogP contribution in [0.5, 0.6) is 11.5 Å². The molecule has 0 spiro atoms. The van der Waals surface area contributed by atoms with Gasteiger partial charge in [0.05, 0.1) is 15.0 Å². The molecule has 0 aliphatic rings. The first-order valence-electron chi connectivity index (χ1n) is 5.53. The van der Waals surface area contributed by atoms with Crippen molar-refractivity contribution in [2.45, 2.75) is 0 Å². The van der Waals surface area contributed by atoms with Crippen LogP contribution in [0.2, 0.25) is 0 Å². The number of nitrogens with zero attached hydrogens (tertiary/aromatic N) is 1. The minimum absolute atomic E-state index is 0.0199. The molecule has 1 N–H and O–H groups in total. The van der Waals surface area contributed by atoms with Crippen LogP contribution in [0.4, 0.5) is 5.69 Å². The SMILES string of the molecule is O=C(O)c1ccc(Br)c(Oc2ccc(Br)cc2[N+](=O)[O-])c1. The van der Waals surface area contributed by atoms with Crippen molar-refractivity contribution in [1.29, 1.82) is 0 Å². The van der Waals surface area contributed by atoms with Crippen molar-refractivity contribution in [3.8, 4) is 11.5 Å². The van der Waals surface area contributed by atoms with Crippen LogP contribution in [-0.2, 0) is 0 Å². The molecule has 0 aromatic heterocycles. The van der Waals surface area contributed by atoms with Crippen molar-refractivity contribution >= 4 is 43.5 Å². The van der Waals surface area contributed by atoms with Gasteiger partial charge in [-0.3, -0.25) is 10.1 Å². The van der Waals surface area contributed by atoms with E-state index in [4.69, 9.17) is 9.84 Å². The Morgan fingerprint density at radius 2 is 1.86 bits per heavy atom. The number of hydrogen-bond acceptors (Lipinski definition) is 4. The largest absolute Gasteiger partial charge is 0.478 e. The Labute approximate surface area is 135 Å². The van der Waals surface area contributed by atoms with E-state index in [9.17, 15) is 14.9 Å². The molecule has 0 radical (unpaired) electrons. The Balaban J connectivity index is 2.45. The third-order valence-electron chi connectivity index (χ3n) is 2.52. The second kappa shape index (κ2) is 6.23. The molecule has 0 aliphatic heterocycles. The fraction of sp³-hybridized carbons (Fsp3) is 0. The Kier molecular flexibility index (Phi) is 4.59. The van der Waals surface area contributed by atoms with Crippen molar-refractivity contribution in [2.24, 2.45) is 0 Å². The second-order valence-electron chi connectivity index (χ2n) is 3.92. The van der Waals surface area contributed by atoms with E-state index in [1.165, 1.54) is 30.3 Å². The topological polar surface area (TPSA) is 89.7 Å². The van der Waals surface area contributed by atoms with Gasteiger partial charge in [-0.05, 0) is 46.3 Å². The van der Waals surface area contributed by atoms with Crippen LogP contribution < -0.4 is 4.74 Å². The molecule has 0 heterocycles. The summed E-state index contributed by atoms with van der Waals surface area (Å²) >= 11 is 6.36. The van der Waals surface area contributed by atoms with E-state index in [0.29, 0.717) is 8.95 Å². The number of nitro groups is 1. The van der Waals surface area contributed by atoms with Crippen LogP contribution in [0.15, 0.2) is 45.3 Å². The molecule has 0 amide bonds. The molecule has 21 heavy (non-hydrogen) atoms. The van der Waals surface area contributed by atoms with Crippen molar-refractivity contribution in [1.82, 2.24) is 0 Å². The van der Waals surface area contributed by atoms with E-state index in [2.05, 4.69) is 31.9 Å². The van der Waals surface area contributed by atoms with E-state index < -0.39 is 10.9 Å². The highest BCUT2D eigenvalue weighted by molar-refractivity contribution is 9.10. The number of carboxylic acid groups (broad SMARTS) is 1. The number of nitro benzene ring substituents is 1. The predicted octanol–water partition coefficient (Wildman–Crippen LogP) is 4.61. The Hall–Kier alpha value is -1.93. The molecule has 6 nitrogen and oxygen atoms in total. The van der Waals surface area contributed by atoms with Crippen molar-refractivity contribution < 1.29 is 19.6 Å². The van der Waals surface area contributed by atoms with Crippen LogP contribution in [0, 0.1) is 10.1 Å². The molecule has 0 aliphatic carbocycles. The van der Waals surface area contributed by atoms with E-state index in [1.807, 2.05) is 0 Å². The number of carboxylic acids is 1. The maximum absolute atomic E-state index is 11.0. The molecule has 0 bridgehead atoms. The summed E-state index contributed by atoms with van der Waals surface area (Å²) < 4.78 is 6.51. The molecule has 0 fully saturated rings. The fourth-order valence-electron chi connectivity index (χ4n) is 1.55. The van der Waals surface area contributed by atoms with E-state index in [-0.39, 0.29) is 22.7 Å². The second-order valence-corrected chi connectivity index (χ2v) is 5.69. The summed E-state index contributed by atoms with van der Waals surface area (Å²) in [5.74, 6) is -0.913. The van der Waals surface area contributed by atoms with Gasteiger partial charge in [-0.25, -0.2) is 4.79 Å². The van der Waals surface area contributed by atoms with Gasteiger partial charge in [0.15, 0.2) is 0 Å². The number of aromatic carboxylic acids is 1. The molecule has 2 aromatic carbocycles. The Morgan fingerprint density at radius 1 is 1.14 bits per heavy atom. The first-order chi connectivity index (χ1) is 9.88. The van der Waals surface area contributed by atoms with Crippen LogP contribution in [0.3, 0.4) is 0 Å². The highest BCUT2D eigenvalue weighted by atomic mass is 79.9. The summed E-state index contributed by atoms with van der Waals surface area (Å²) in [7, 11) is 0. The number of ether oxygens (including phenoxy) is 1. The van der Waals surface area contributed by atoms with Gasteiger partial charge in [0, 0.05) is 10.5 Å². The minimum atomic E-state index is -1.11. The molecule has 0 unspecified atom stereocenters. The molecule has 0 saturated heterocycles. The van der Waals surface area contributed by atoms with Crippen molar-refractivity contribution in [2.75, 3.05) is 0 Å². The molecule has 108 valence electrons. The smallest absolute Gasteiger partial charge is 0.335 e. The van der Waals surface area contributed by atoms with E-state index >= 15 is 0 Å². The van der Waals surface area contributed by atoms with Gasteiger partial charge in [0.25, 0.3) is 0 Å². The average molecular weight is 417 g/mol. The lowest BCUT2D eigenvalue weighted by Crippen LogP contribution is -1.98. The average Bonchev–Trinajstić information content (AvgIpc) is 2.42. The minimum Gasteiger partial charge on any atom is -0.478 e. The Bertz CT molecular complexity index is 732. The van der Waals surface area contributed by atoms with Gasteiger partial charge in [0.1, 0.15) is 5.75 Å². The lowest BCUT2D eigenvalue weighted by atomic mass is 10.2. The van der Waals surface area contributed by atoms with Gasteiger partial charge in [-0.2, -0.15) is 0 Å². The standard InChI is InChI=1S/C13H7Br2NO5/c14-8-2-4-11(10(6-8)16(19)20)21-12-5-7(13(17)18)1-3-9(12)15/h1-6H,(H,17,18). The molecule has 0 atom stereocenters. The highest BCUT2D eigenvalue weighted by Crippen LogP contribution is 2.36. The zero-order valence-corrected chi connectivity index (χ0v) is 13.4. The lowest BCUT2D eigenvalue weighted by molar-refractivity contribution is -0.385. The molecule has 0 saturated carbocycles. The van der Waals surface area contributed by atoms with Gasteiger partial charge < -0.3 is 9.84 Å². The summed E-state index contributed by atoms with van der Waals surface area (Å²) in [5, 5.41) is 20.0. The first kappa shape index (κ1) is 15.5. The third-order valence-corrected chi connectivity index (χ3v) is 3.66. The molecule has 8 heteroatoms. The lowest BCUT2D eigenvalue weighted by Gasteiger charge is -2.09. The highest BCUT2D eigenvalue weighted by Gasteiger charge is 2.18. The molecular formula is C13H7Br2NO5. The number of benzene rings is 2. The van der Waals surface area contributed by atoms with Crippen LogP contribution in [-0.4, -0.2) is 16.0 Å². The van der Waals surface area contributed by atoms with Gasteiger partial charge in [-0.15, -0.1) is 0 Å². The number of halogens is 2. The van der Waals surface area contributed by atoms with E-state index in [0.717, 1.165) is 0 Å². The summed E-state index contributed by atoms with van der Waals surface area (Å²) in [5.41, 5.74) is -0.204. The summed E-state index contributed by atoms with van der Waals surface area (Å²) in [6.45, 7) is 0. The quantitative estimate of drug-likeness (QED) is 0.580. The van der Waals surface area contributed by atoms with Crippen LogP contribution in [0.25, 0.3) is 0 Å². The summed E-state index contributed by atoms with van der Waals surface area (Å²) in [6.07, 6.45) is 0. The zero-order chi connectivity index (χ0) is 15.6. The molecule has 2 aromatic rings. The first-order valence-corrected chi connectivity index (χ1v) is 7.11. The Morgan fingerprint density at radius 3 is 2.48 bits per heavy atom. The number of rotatable bonds is 4. The number of hydrogen-bond donors (Lipinski definition) is 1. The zero-order valence-electron chi connectivity index (χ0n) is 10.2. The van der Waals surface area contributed by atoms with Crippen molar-refractivity contribution in [3.05, 3.63) is 61.0 Å². The maximum atomic E-state index is 11.0. The summed E-state index contributed by atoms with van der Waals surface area (Å²) in [6, 6.07) is 8.53. The van der Waals surface area contributed by atoms with Crippen LogP contribution >= 0.6 is 31.9 Å². The predicted molar refractivity (Wildman–Crippen MR) is 82.0 cm³/mol. The van der Waals surface area contributed by atoms with Crippen molar-refractivity contribution in [3.63, 3.8) is 0 Å². The monoisotopic (exact) mass is 415 g/mol. The number of carbonyl (C=O) groups is 1. The summed E-state index contributed by atoms with van der Waals surface area (Å²) in [4.78, 5) is 21.4. The van der Waals surface area contributed by atoms with Gasteiger partial charge >= 0.3 is 11.7 Å². The fourth-order valence-corrected chi connectivity index (χ4v) is 2.23. The van der Waals surface area contributed by atoms with Gasteiger partial charge in [0.2, 0.25) is 5.75 Å².